The zero-order valence-electron chi connectivity index (χ0n) is 13.0. The lowest BCUT2D eigenvalue weighted by Crippen LogP contribution is -2.34. The van der Waals surface area contributed by atoms with E-state index in [1.165, 1.54) is 18.4 Å². The molecule has 1 N–H and O–H groups in total. The Balaban J connectivity index is 1.43. The SMILES string of the molecule is CC1CC(OCc2ccc(CNC3CC3)cn2)CC(C)O1. The highest BCUT2D eigenvalue weighted by atomic mass is 16.5. The molecule has 2 aliphatic rings. The second-order valence-electron chi connectivity index (χ2n) is 6.47. The highest BCUT2D eigenvalue weighted by Crippen LogP contribution is 2.22. The summed E-state index contributed by atoms with van der Waals surface area (Å²) in [4.78, 5) is 4.50. The Bertz CT molecular complexity index is 435. The van der Waals surface area contributed by atoms with Crippen molar-refractivity contribution in [2.45, 2.75) is 77.0 Å². The Hall–Kier alpha value is -0.970. The molecule has 0 radical (unpaired) electrons. The molecule has 1 aromatic rings. The van der Waals surface area contributed by atoms with Gasteiger partial charge in [-0.2, -0.15) is 0 Å². The van der Waals surface area contributed by atoms with E-state index < -0.39 is 0 Å². The molecule has 2 heterocycles. The first kappa shape index (κ1) is 14.9. The van der Waals surface area contributed by atoms with E-state index in [-0.39, 0.29) is 0 Å². The molecule has 1 saturated carbocycles. The highest BCUT2D eigenvalue weighted by molar-refractivity contribution is 5.13. The first-order valence-electron chi connectivity index (χ1n) is 8.13. The molecule has 116 valence electrons. The van der Waals surface area contributed by atoms with Crippen LogP contribution < -0.4 is 5.32 Å². The maximum absolute atomic E-state index is 6.00. The fourth-order valence-corrected chi connectivity index (χ4v) is 2.88. The molecule has 1 saturated heterocycles. The van der Waals surface area contributed by atoms with Crippen molar-refractivity contribution < 1.29 is 9.47 Å². The standard InChI is InChI=1S/C17H26N2O2/c1-12-7-17(8-13(2)21-12)20-11-16-4-3-14(10-19-16)9-18-15-5-6-15/h3-4,10,12-13,15,17-18H,5-9,11H2,1-2H3. The van der Waals surface area contributed by atoms with Crippen LogP contribution in [0.1, 0.15) is 50.8 Å². The van der Waals surface area contributed by atoms with Crippen LogP contribution in [0, 0.1) is 0 Å². The molecular weight excluding hydrogens is 264 g/mol. The summed E-state index contributed by atoms with van der Waals surface area (Å²) in [6.45, 7) is 5.76. The third-order valence-electron chi connectivity index (χ3n) is 4.18. The minimum atomic E-state index is 0.293. The van der Waals surface area contributed by atoms with E-state index in [4.69, 9.17) is 9.47 Å². The van der Waals surface area contributed by atoms with Gasteiger partial charge in [-0.05, 0) is 51.2 Å². The largest absolute Gasteiger partial charge is 0.375 e. The second kappa shape index (κ2) is 6.86. The molecule has 1 aromatic heterocycles. The van der Waals surface area contributed by atoms with E-state index in [1.54, 1.807) is 0 Å². The quantitative estimate of drug-likeness (QED) is 0.875. The number of ether oxygens (including phenoxy) is 2. The summed E-state index contributed by atoms with van der Waals surface area (Å²) >= 11 is 0. The Morgan fingerprint density at radius 1 is 1.24 bits per heavy atom. The molecule has 2 fully saturated rings. The van der Waals surface area contributed by atoms with Gasteiger partial charge in [0, 0.05) is 18.8 Å². The van der Waals surface area contributed by atoms with Crippen LogP contribution in [0.25, 0.3) is 0 Å². The third kappa shape index (κ3) is 4.77. The highest BCUT2D eigenvalue weighted by Gasteiger charge is 2.25. The van der Waals surface area contributed by atoms with E-state index in [1.807, 2.05) is 6.20 Å². The van der Waals surface area contributed by atoms with Gasteiger partial charge in [-0.15, -0.1) is 0 Å². The fraction of sp³-hybridized carbons (Fsp3) is 0.706. The molecule has 2 atom stereocenters. The van der Waals surface area contributed by atoms with Gasteiger partial charge in [0.25, 0.3) is 0 Å². The fourth-order valence-electron chi connectivity index (χ4n) is 2.88. The first-order valence-corrected chi connectivity index (χ1v) is 8.13. The van der Waals surface area contributed by atoms with E-state index in [0.29, 0.717) is 24.9 Å². The third-order valence-corrected chi connectivity index (χ3v) is 4.18. The zero-order valence-corrected chi connectivity index (χ0v) is 13.0. The van der Waals surface area contributed by atoms with Crippen LogP contribution in [0.15, 0.2) is 18.3 Å². The van der Waals surface area contributed by atoms with Gasteiger partial charge in [0.1, 0.15) is 0 Å². The molecule has 4 nitrogen and oxygen atoms in total. The predicted molar refractivity (Wildman–Crippen MR) is 81.9 cm³/mol. The van der Waals surface area contributed by atoms with E-state index in [9.17, 15) is 0 Å². The second-order valence-corrected chi connectivity index (χ2v) is 6.47. The van der Waals surface area contributed by atoms with Crippen molar-refractivity contribution in [3.8, 4) is 0 Å². The number of nitrogens with one attached hydrogen (secondary N) is 1. The summed E-state index contributed by atoms with van der Waals surface area (Å²) in [6, 6.07) is 4.97. The summed E-state index contributed by atoms with van der Waals surface area (Å²) in [7, 11) is 0. The number of aromatic nitrogens is 1. The van der Waals surface area contributed by atoms with Crippen molar-refractivity contribution in [2.75, 3.05) is 0 Å². The zero-order chi connectivity index (χ0) is 14.7. The van der Waals surface area contributed by atoms with Crippen molar-refractivity contribution in [3.63, 3.8) is 0 Å². The molecule has 0 aromatic carbocycles. The molecule has 0 bridgehead atoms. The van der Waals surface area contributed by atoms with Crippen LogP contribution in [0.3, 0.4) is 0 Å². The first-order chi connectivity index (χ1) is 10.2. The normalized spacial score (nSPS) is 29.5. The van der Waals surface area contributed by atoms with E-state index in [2.05, 4.69) is 36.3 Å². The summed E-state index contributed by atoms with van der Waals surface area (Å²) in [5.74, 6) is 0. The van der Waals surface area contributed by atoms with Gasteiger partial charge in [-0.3, -0.25) is 4.98 Å². The van der Waals surface area contributed by atoms with Gasteiger partial charge in [-0.1, -0.05) is 6.07 Å². The van der Waals surface area contributed by atoms with Crippen molar-refractivity contribution in [2.24, 2.45) is 0 Å². The van der Waals surface area contributed by atoms with Gasteiger partial charge in [0.15, 0.2) is 0 Å². The summed E-state index contributed by atoms with van der Waals surface area (Å²) < 4.78 is 11.7. The van der Waals surface area contributed by atoms with Crippen molar-refractivity contribution in [1.82, 2.24) is 10.3 Å². The maximum Gasteiger partial charge on any atom is 0.0891 e. The molecule has 4 heteroatoms. The van der Waals surface area contributed by atoms with Crippen LogP contribution in [-0.2, 0) is 22.6 Å². The van der Waals surface area contributed by atoms with Crippen LogP contribution in [0.4, 0.5) is 0 Å². The lowest BCUT2D eigenvalue weighted by Gasteiger charge is -2.31. The van der Waals surface area contributed by atoms with Crippen LogP contribution in [0.2, 0.25) is 0 Å². The van der Waals surface area contributed by atoms with E-state index in [0.717, 1.165) is 31.1 Å². The van der Waals surface area contributed by atoms with Crippen LogP contribution >= 0.6 is 0 Å². The maximum atomic E-state index is 6.00. The predicted octanol–water partition coefficient (Wildman–Crippen LogP) is 2.81. The van der Waals surface area contributed by atoms with Gasteiger partial charge >= 0.3 is 0 Å². The van der Waals surface area contributed by atoms with Crippen molar-refractivity contribution in [3.05, 3.63) is 29.6 Å². The number of pyridine rings is 1. The monoisotopic (exact) mass is 290 g/mol. The Labute approximate surface area is 127 Å². The van der Waals surface area contributed by atoms with Gasteiger partial charge in [0.2, 0.25) is 0 Å². The summed E-state index contributed by atoms with van der Waals surface area (Å²) in [5.41, 5.74) is 2.26. The minimum absolute atomic E-state index is 0.293. The molecular formula is C17H26N2O2. The van der Waals surface area contributed by atoms with Crippen LogP contribution in [0.5, 0.6) is 0 Å². The smallest absolute Gasteiger partial charge is 0.0891 e. The molecule has 1 aliphatic heterocycles. The molecule has 1 aliphatic carbocycles. The number of hydrogen-bond acceptors (Lipinski definition) is 4. The average Bonchev–Trinajstić information content (AvgIpc) is 3.27. The lowest BCUT2D eigenvalue weighted by atomic mass is 10.0. The average molecular weight is 290 g/mol. The lowest BCUT2D eigenvalue weighted by molar-refractivity contribution is -0.106. The molecule has 21 heavy (non-hydrogen) atoms. The molecule has 0 amide bonds. The van der Waals surface area contributed by atoms with E-state index >= 15 is 0 Å². The number of hydrogen-bond donors (Lipinski definition) is 1. The van der Waals surface area contributed by atoms with Gasteiger partial charge in [0.05, 0.1) is 30.6 Å². The Kier molecular flexibility index (Phi) is 4.88. The Morgan fingerprint density at radius 3 is 2.62 bits per heavy atom. The van der Waals surface area contributed by atoms with Gasteiger partial charge in [-0.25, -0.2) is 0 Å². The minimum Gasteiger partial charge on any atom is -0.375 e. The summed E-state index contributed by atoms with van der Waals surface area (Å²) in [6.07, 6.45) is 7.44. The molecule has 0 spiro atoms. The summed E-state index contributed by atoms with van der Waals surface area (Å²) in [5, 5.41) is 3.50. The molecule has 2 unspecified atom stereocenters. The Morgan fingerprint density at radius 2 is 2.00 bits per heavy atom. The number of nitrogens with zero attached hydrogens (tertiary/aromatic N) is 1. The molecule has 3 rings (SSSR count). The van der Waals surface area contributed by atoms with Gasteiger partial charge < -0.3 is 14.8 Å². The number of rotatable bonds is 6. The van der Waals surface area contributed by atoms with Crippen molar-refractivity contribution in [1.29, 1.82) is 0 Å². The van der Waals surface area contributed by atoms with Crippen molar-refractivity contribution >= 4 is 0 Å². The topological polar surface area (TPSA) is 43.4 Å². The van der Waals surface area contributed by atoms with Crippen LogP contribution in [-0.4, -0.2) is 29.3 Å².